The van der Waals surface area contributed by atoms with Gasteiger partial charge in [-0.3, -0.25) is 0 Å². The van der Waals surface area contributed by atoms with Gasteiger partial charge in [0.15, 0.2) is 0 Å². The summed E-state index contributed by atoms with van der Waals surface area (Å²) in [6.45, 7) is 13.1. The lowest BCUT2D eigenvalue weighted by molar-refractivity contribution is 0.242. The largest absolute Gasteiger partial charge is 0.491 e. The smallest absolute Gasteiger partial charge is 0.120 e. The van der Waals surface area contributed by atoms with E-state index >= 15 is 0 Å². The molecule has 0 bridgehead atoms. The molecule has 0 heterocycles. The molecule has 2 aromatic rings. The van der Waals surface area contributed by atoms with Crippen LogP contribution >= 0.6 is 0 Å². The maximum atomic E-state index is 5.82. The first kappa shape index (κ1) is 19.6. The van der Waals surface area contributed by atoms with Crippen LogP contribution in [0.5, 0.6) is 5.75 Å². The average Bonchev–Trinajstić information content (AvgIpc) is 3.40. The molecule has 0 unspecified atom stereocenters. The zero-order valence-corrected chi connectivity index (χ0v) is 16.8. The Kier molecular flexibility index (Phi) is 7.11. The van der Waals surface area contributed by atoms with E-state index in [0.29, 0.717) is 11.8 Å². The number of hydrogen-bond acceptors (Lipinski definition) is 1. The molecule has 136 valence electrons. The summed E-state index contributed by atoms with van der Waals surface area (Å²) in [5.74, 6) is 3.08. The second kappa shape index (κ2) is 9.08. The summed E-state index contributed by atoms with van der Waals surface area (Å²) in [6, 6.07) is 17.3. The van der Waals surface area contributed by atoms with Crippen LogP contribution in [0.15, 0.2) is 48.5 Å². The van der Waals surface area contributed by atoms with Gasteiger partial charge in [-0.25, -0.2) is 0 Å². The Morgan fingerprint density at radius 2 is 1.36 bits per heavy atom. The highest BCUT2D eigenvalue weighted by Crippen LogP contribution is 2.42. The maximum Gasteiger partial charge on any atom is 0.120 e. The molecule has 1 aliphatic rings. The van der Waals surface area contributed by atoms with Crippen LogP contribution in [-0.2, 0) is 0 Å². The molecule has 1 nitrogen and oxygen atoms in total. The summed E-state index contributed by atoms with van der Waals surface area (Å²) in [7, 11) is 0. The second-order valence-corrected chi connectivity index (χ2v) is 8.00. The first-order valence-electron chi connectivity index (χ1n) is 9.73. The predicted molar refractivity (Wildman–Crippen MR) is 109 cm³/mol. The summed E-state index contributed by atoms with van der Waals surface area (Å²) in [4.78, 5) is 0. The van der Waals surface area contributed by atoms with Crippen molar-refractivity contribution in [3.8, 4) is 5.75 Å². The van der Waals surface area contributed by atoms with E-state index in [-0.39, 0.29) is 6.10 Å². The van der Waals surface area contributed by atoms with Crippen molar-refractivity contribution < 1.29 is 4.74 Å². The van der Waals surface area contributed by atoms with Gasteiger partial charge in [0.1, 0.15) is 5.75 Å². The number of benzene rings is 2. The molecule has 1 heteroatoms. The van der Waals surface area contributed by atoms with E-state index < -0.39 is 0 Å². The molecule has 0 saturated heterocycles. The number of ether oxygens (including phenoxy) is 1. The fourth-order valence-electron chi connectivity index (χ4n) is 2.81. The molecule has 1 fully saturated rings. The molecule has 1 saturated carbocycles. The van der Waals surface area contributed by atoms with E-state index in [1.54, 1.807) is 0 Å². The van der Waals surface area contributed by atoms with E-state index in [1.807, 2.05) is 6.07 Å². The molecule has 25 heavy (non-hydrogen) atoms. The van der Waals surface area contributed by atoms with Crippen molar-refractivity contribution in [3.05, 3.63) is 65.2 Å². The van der Waals surface area contributed by atoms with Gasteiger partial charge in [0, 0.05) is 0 Å². The van der Waals surface area contributed by atoms with E-state index in [0.717, 1.165) is 11.7 Å². The SMILES string of the molecule is CC(C)Oc1cc(C(C)C)cc(C2CC2)c1.CC(C)c1ccccc1. The number of rotatable bonds is 5. The van der Waals surface area contributed by atoms with Gasteiger partial charge >= 0.3 is 0 Å². The monoisotopic (exact) mass is 338 g/mol. The Morgan fingerprint density at radius 3 is 1.80 bits per heavy atom. The van der Waals surface area contributed by atoms with Gasteiger partial charge in [-0.1, -0.05) is 64.1 Å². The minimum Gasteiger partial charge on any atom is -0.491 e. The van der Waals surface area contributed by atoms with Crippen LogP contribution in [0.25, 0.3) is 0 Å². The summed E-state index contributed by atoms with van der Waals surface area (Å²) in [6.07, 6.45) is 2.96. The lowest BCUT2D eigenvalue weighted by Gasteiger charge is -2.15. The molecule has 3 rings (SSSR count). The second-order valence-electron chi connectivity index (χ2n) is 8.00. The van der Waals surface area contributed by atoms with Crippen molar-refractivity contribution in [2.75, 3.05) is 0 Å². The third-order valence-electron chi connectivity index (χ3n) is 4.50. The highest BCUT2D eigenvalue weighted by atomic mass is 16.5. The van der Waals surface area contributed by atoms with Gasteiger partial charge < -0.3 is 4.74 Å². The maximum absolute atomic E-state index is 5.82. The van der Waals surface area contributed by atoms with Crippen molar-refractivity contribution >= 4 is 0 Å². The fraction of sp³-hybridized carbons (Fsp3) is 0.500. The molecule has 0 N–H and O–H groups in total. The van der Waals surface area contributed by atoms with Gasteiger partial charge in [-0.15, -0.1) is 0 Å². The van der Waals surface area contributed by atoms with E-state index in [2.05, 4.69) is 84.0 Å². The Hall–Kier alpha value is -1.76. The summed E-state index contributed by atoms with van der Waals surface area (Å²) < 4.78 is 5.82. The summed E-state index contributed by atoms with van der Waals surface area (Å²) in [5, 5.41) is 0. The molecule has 0 aromatic heterocycles. The average molecular weight is 339 g/mol. The minimum atomic E-state index is 0.259. The Bertz CT molecular complexity index is 616. The van der Waals surface area contributed by atoms with Crippen molar-refractivity contribution in [3.63, 3.8) is 0 Å². The molecule has 0 amide bonds. The van der Waals surface area contributed by atoms with Gasteiger partial charge in [-0.2, -0.15) is 0 Å². The van der Waals surface area contributed by atoms with Crippen LogP contribution < -0.4 is 4.74 Å². The van der Waals surface area contributed by atoms with Crippen LogP contribution in [0, 0.1) is 0 Å². The van der Waals surface area contributed by atoms with E-state index in [1.165, 1.54) is 29.5 Å². The first-order valence-corrected chi connectivity index (χ1v) is 9.73. The molecular formula is C24H34O. The molecule has 0 aliphatic heterocycles. The van der Waals surface area contributed by atoms with Crippen LogP contribution in [-0.4, -0.2) is 6.10 Å². The molecule has 0 atom stereocenters. The van der Waals surface area contributed by atoms with Gasteiger partial charge in [0.05, 0.1) is 6.10 Å². The molecular weight excluding hydrogens is 304 g/mol. The zero-order valence-electron chi connectivity index (χ0n) is 16.8. The Morgan fingerprint density at radius 1 is 0.760 bits per heavy atom. The van der Waals surface area contributed by atoms with Crippen molar-refractivity contribution in [2.24, 2.45) is 0 Å². The van der Waals surface area contributed by atoms with Gasteiger partial charge in [0.25, 0.3) is 0 Å². The third-order valence-corrected chi connectivity index (χ3v) is 4.50. The lowest BCUT2D eigenvalue weighted by atomic mass is 9.98. The fourth-order valence-corrected chi connectivity index (χ4v) is 2.81. The normalized spacial score (nSPS) is 13.8. The summed E-state index contributed by atoms with van der Waals surface area (Å²) >= 11 is 0. The molecule has 1 aliphatic carbocycles. The predicted octanol–water partition coefficient (Wildman–Crippen LogP) is 7.28. The highest BCUT2D eigenvalue weighted by molar-refractivity contribution is 5.39. The zero-order chi connectivity index (χ0) is 18.4. The van der Waals surface area contributed by atoms with Crippen LogP contribution in [0.2, 0.25) is 0 Å². The quantitative estimate of drug-likeness (QED) is 0.556. The van der Waals surface area contributed by atoms with Crippen LogP contribution in [0.1, 0.15) is 88.8 Å². The lowest BCUT2D eigenvalue weighted by Crippen LogP contribution is -2.06. The highest BCUT2D eigenvalue weighted by Gasteiger charge is 2.24. The molecule has 0 radical (unpaired) electrons. The van der Waals surface area contributed by atoms with Crippen molar-refractivity contribution in [1.29, 1.82) is 0 Å². The Labute approximate surface area is 154 Å². The van der Waals surface area contributed by atoms with E-state index in [4.69, 9.17) is 4.74 Å². The van der Waals surface area contributed by atoms with Gasteiger partial charge in [0.2, 0.25) is 0 Å². The Balaban J connectivity index is 0.000000212. The summed E-state index contributed by atoms with van der Waals surface area (Å²) in [5.41, 5.74) is 4.29. The van der Waals surface area contributed by atoms with Crippen LogP contribution in [0.3, 0.4) is 0 Å². The van der Waals surface area contributed by atoms with Crippen molar-refractivity contribution in [1.82, 2.24) is 0 Å². The third kappa shape index (κ3) is 6.57. The molecule has 2 aromatic carbocycles. The van der Waals surface area contributed by atoms with Crippen LogP contribution in [0.4, 0.5) is 0 Å². The molecule has 0 spiro atoms. The van der Waals surface area contributed by atoms with Gasteiger partial charge in [-0.05, 0) is 73.3 Å². The number of hydrogen-bond donors (Lipinski definition) is 0. The topological polar surface area (TPSA) is 9.23 Å². The minimum absolute atomic E-state index is 0.259. The first-order chi connectivity index (χ1) is 11.9. The standard InChI is InChI=1S/C15H22O.C9H12/c1-10(2)13-7-14(12-5-6-12)9-15(8-13)16-11(3)4;1-8(2)9-6-4-3-5-7-9/h7-12H,5-6H2,1-4H3;3-8H,1-2H3. The van der Waals surface area contributed by atoms with Crippen molar-refractivity contribution in [2.45, 2.75) is 78.2 Å². The van der Waals surface area contributed by atoms with E-state index in [9.17, 15) is 0 Å².